The Hall–Kier alpha value is -1.55. The maximum atomic E-state index is 12.4. The summed E-state index contributed by atoms with van der Waals surface area (Å²) < 4.78 is 5.51. The van der Waals surface area contributed by atoms with Crippen LogP contribution in [0.5, 0.6) is 0 Å². The molecule has 1 aromatic rings. The van der Waals surface area contributed by atoms with Crippen molar-refractivity contribution in [2.24, 2.45) is 0 Å². The second-order valence-electron chi connectivity index (χ2n) is 7.56. The highest BCUT2D eigenvalue weighted by Gasteiger charge is 2.48. The van der Waals surface area contributed by atoms with Gasteiger partial charge in [-0.05, 0) is 44.7 Å². The monoisotopic (exact) mass is 303 g/mol. The fourth-order valence-electron chi connectivity index (χ4n) is 3.72. The van der Waals surface area contributed by atoms with E-state index >= 15 is 0 Å². The highest BCUT2D eigenvalue weighted by atomic mass is 16.6. The minimum atomic E-state index is -0.864. The van der Waals surface area contributed by atoms with Gasteiger partial charge in [0.25, 0.3) is 0 Å². The second-order valence-corrected chi connectivity index (χ2v) is 7.56. The number of hydrogen-bond acceptors (Lipinski definition) is 3. The van der Waals surface area contributed by atoms with Gasteiger partial charge in [0.1, 0.15) is 5.60 Å². The molecule has 1 atom stereocenters. The molecule has 0 bridgehead atoms. The summed E-state index contributed by atoms with van der Waals surface area (Å²) in [4.78, 5) is 14.2. The van der Waals surface area contributed by atoms with E-state index in [9.17, 15) is 9.90 Å². The molecule has 1 unspecified atom stereocenters. The Morgan fingerprint density at radius 2 is 1.86 bits per heavy atom. The van der Waals surface area contributed by atoms with Crippen LogP contribution in [0.25, 0.3) is 0 Å². The lowest BCUT2D eigenvalue weighted by molar-refractivity contribution is -0.0381. The molecule has 1 amide bonds. The van der Waals surface area contributed by atoms with E-state index in [0.29, 0.717) is 19.4 Å². The number of rotatable bonds is 1. The third kappa shape index (κ3) is 2.84. The third-order valence-electron chi connectivity index (χ3n) is 4.61. The Morgan fingerprint density at radius 1 is 1.27 bits per heavy atom. The van der Waals surface area contributed by atoms with E-state index in [4.69, 9.17) is 4.74 Å². The van der Waals surface area contributed by atoms with Crippen LogP contribution in [0.3, 0.4) is 0 Å². The van der Waals surface area contributed by atoms with Crippen LogP contribution in [0.4, 0.5) is 4.79 Å². The number of likely N-dealkylation sites (tertiary alicyclic amines) is 1. The fraction of sp³-hybridized carbons (Fsp3) is 0.611. The van der Waals surface area contributed by atoms with Crippen LogP contribution in [-0.4, -0.2) is 39.9 Å². The molecular weight excluding hydrogens is 278 g/mol. The van der Waals surface area contributed by atoms with Crippen molar-refractivity contribution >= 4 is 6.09 Å². The first kappa shape index (κ1) is 15.3. The molecule has 1 aliphatic heterocycles. The van der Waals surface area contributed by atoms with Crippen molar-refractivity contribution in [1.29, 1.82) is 0 Å². The second kappa shape index (κ2) is 5.27. The van der Waals surface area contributed by atoms with E-state index in [1.54, 1.807) is 4.90 Å². The first-order chi connectivity index (χ1) is 10.3. The van der Waals surface area contributed by atoms with Gasteiger partial charge in [0.15, 0.2) is 0 Å². The summed E-state index contributed by atoms with van der Waals surface area (Å²) in [5, 5.41) is 11.2. The summed E-state index contributed by atoms with van der Waals surface area (Å²) in [5.41, 5.74) is 1.02. The molecule has 4 nitrogen and oxygen atoms in total. The quantitative estimate of drug-likeness (QED) is 0.868. The molecular formula is C18H25NO3. The molecule has 0 saturated carbocycles. The first-order valence-electron chi connectivity index (χ1n) is 8.07. The maximum Gasteiger partial charge on any atom is 0.410 e. The van der Waals surface area contributed by atoms with Crippen molar-refractivity contribution in [2.45, 2.75) is 63.7 Å². The number of carbonyl (C=O) groups is 1. The SMILES string of the molecule is CC(C)(C)OC(=O)N1CCCC1C1(O)Cc2ccccc2C1. The van der Waals surface area contributed by atoms with Gasteiger partial charge < -0.3 is 14.7 Å². The van der Waals surface area contributed by atoms with Crippen LogP contribution in [0.2, 0.25) is 0 Å². The van der Waals surface area contributed by atoms with E-state index < -0.39 is 11.2 Å². The van der Waals surface area contributed by atoms with Crippen molar-refractivity contribution in [1.82, 2.24) is 4.90 Å². The number of carbonyl (C=O) groups excluding carboxylic acids is 1. The lowest BCUT2D eigenvalue weighted by Crippen LogP contribution is -2.53. The van der Waals surface area contributed by atoms with Crippen LogP contribution in [0.15, 0.2) is 24.3 Å². The number of benzene rings is 1. The summed E-state index contributed by atoms with van der Waals surface area (Å²) in [6.07, 6.45) is 2.69. The molecule has 1 fully saturated rings. The molecule has 22 heavy (non-hydrogen) atoms. The Labute approximate surface area is 132 Å². The van der Waals surface area contributed by atoms with E-state index in [0.717, 1.165) is 12.8 Å². The predicted molar refractivity (Wildman–Crippen MR) is 84.8 cm³/mol. The average molecular weight is 303 g/mol. The highest BCUT2D eigenvalue weighted by molar-refractivity contribution is 5.69. The molecule has 0 aromatic heterocycles. The summed E-state index contributed by atoms with van der Waals surface area (Å²) in [7, 11) is 0. The molecule has 2 aliphatic rings. The summed E-state index contributed by atoms with van der Waals surface area (Å²) >= 11 is 0. The lowest BCUT2D eigenvalue weighted by atomic mass is 9.89. The number of nitrogens with zero attached hydrogens (tertiary/aromatic N) is 1. The zero-order valence-electron chi connectivity index (χ0n) is 13.6. The number of amides is 1. The first-order valence-corrected chi connectivity index (χ1v) is 8.07. The van der Waals surface area contributed by atoms with Crippen LogP contribution in [0, 0.1) is 0 Å². The summed E-state index contributed by atoms with van der Waals surface area (Å²) in [5.74, 6) is 0. The van der Waals surface area contributed by atoms with Gasteiger partial charge in [0.05, 0.1) is 11.6 Å². The van der Waals surface area contributed by atoms with Crippen LogP contribution >= 0.6 is 0 Å². The molecule has 1 saturated heterocycles. The number of ether oxygens (including phenoxy) is 1. The lowest BCUT2D eigenvalue weighted by Gasteiger charge is -2.37. The number of aliphatic hydroxyl groups is 1. The highest BCUT2D eigenvalue weighted by Crippen LogP contribution is 2.38. The molecule has 0 radical (unpaired) electrons. The Balaban J connectivity index is 1.78. The average Bonchev–Trinajstić information content (AvgIpc) is 3.00. The molecule has 120 valence electrons. The smallest absolute Gasteiger partial charge is 0.410 e. The number of fused-ring (bicyclic) bond motifs is 1. The largest absolute Gasteiger partial charge is 0.444 e. The molecule has 1 aliphatic carbocycles. The van der Waals surface area contributed by atoms with Gasteiger partial charge in [-0.3, -0.25) is 0 Å². The van der Waals surface area contributed by atoms with Gasteiger partial charge in [-0.2, -0.15) is 0 Å². The normalized spacial score (nSPS) is 23.5. The Morgan fingerprint density at radius 3 is 2.41 bits per heavy atom. The van der Waals surface area contributed by atoms with Crippen LogP contribution < -0.4 is 0 Å². The molecule has 4 heteroatoms. The molecule has 1 heterocycles. The van der Waals surface area contributed by atoms with Gasteiger partial charge >= 0.3 is 6.09 Å². The molecule has 0 spiro atoms. The fourth-order valence-corrected chi connectivity index (χ4v) is 3.72. The summed E-state index contributed by atoms with van der Waals surface area (Å²) in [6, 6.07) is 7.99. The van der Waals surface area contributed by atoms with Gasteiger partial charge in [-0.25, -0.2) is 4.79 Å². The Kier molecular flexibility index (Phi) is 3.68. The minimum absolute atomic E-state index is 0.158. The van der Waals surface area contributed by atoms with E-state index in [1.165, 1.54) is 11.1 Å². The zero-order chi connectivity index (χ0) is 16.0. The third-order valence-corrected chi connectivity index (χ3v) is 4.61. The minimum Gasteiger partial charge on any atom is -0.444 e. The molecule has 1 N–H and O–H groups in total. The molecule has 3 rings (SSSR count). The van der Waals surface area contributed by atoms with Gasteiger partial charge in [-0.1, -0.05) is 24.3 Å². The zero-order valence-corrected chi connectivity index (χ0v) is 13.6. The van der Waals surface area contributed by atoms with E-state index in [1.807, 2.05) is 32.9 Å². The van der Waals surface area contributed by atoms with E-state index in [-0.39, 0.29) is 12.1 Å². The van der Waals surface area contributed by atoms with Crippen molar-refractivity contribution < 1.29 is 14.6 Å². The standard InChI is InChI=1S/C18H25NO3/c1-17(2,3)22-16(20)19-10-6-9-15(19)18(21)11-13-7-4-5-8-14(13)12-18/h4-5,7-8,15,21H,6,9-12H2,1-3H3. The van der Waals surface area contributed by atoms with E-state index in [2.05, 4.69) is 12.1 Å². The van der Waals surface area contributed by atoms with Crippen molar-refractivity contribution in [3.63, 3.8) is 0 Å². The maximum absolute atomic E-state index is 12.4. The van der Waals surface area contributed by atoms with Crippen molar-refractivity contribution in [2.75, 3.05) is 6.54 Å². The number of hydrogen-bond donors (Lipinski definition) is 1. The van der Waals surface area contributed by atoms with Gasteiger partial charge in [-0.15, -0.1) is 0 Å². The summed E-state index contributed by atoms with van der Waals surface area (Å²) in [6.45, 7) is 6.28. The Bertz CT molecular complexity index is 551. The van der Waals surface area contributed by atoms with Gasteiger partial charge in [0.2, 0.25) is 0 Å². The van der Waals surface area contributed by atoms with Crippen molar-refractivity contribution in [3.8, 4) is 0 Å². The topological polar surface area (TPSA) is 49.8 Å². The van der Waals surface area contributed by atoms with Crippen LogP contribution in [-0.2, 0) is 17.6 Å². The van der Waals surface area contributed by atoms with Gasteiger partial charge in [0, 0.05) is 19.4 Å². The molecule has 1 aromatic carbocycles. The van der Waals surface area contributed by atoms with Crippen molar-refractivity contribution in [3.05, 3.63) is 35.4 Å². The van der Waals surface area contributed by atoms with Crippen LogP contribution in [0.1, 0.15) is 44.7 Å². The predicted octanol–water partition coefficient (Wildman–Crippen LogP) is 2.92.